The maximum absolute atomic E-state index is 11.3. The fraction of sp³-hybridized carbons (Fsp3) is 0.308. The van der Waals surface area contributed by atoms with Crippen molar-refractivity contribution in [3.05, 3.63) is 77.8 Å². The van der Waals surface area contributed by atoms with Gasteiger partial charge in [0.15, 0.2) is 5.79 Å². The highest BCUT2D eigenvalue weighted by molar-refractivity contribution is 6.30. The Bertz CT molecular complexity index is 1210. The molecule has 0 aliphatic carbocycles. The number of amides is 1. The van der Waals surface area contributed by atoms with E-state index in [1.807, 2.05) is 53.2 Å². The van der Waals surface area contributed by atoms with E-state index in [0.29, 0.717) is 37.6 Å². The lowest BCUT2D eigenvalue weighted by atomic mass is 10.0. The number of nitrogens with zero attached hydrogens (tertiary/aromatic N) is 2. The first-order valence-corrected chi connectivity index (χ1v) is 12.0. The van der Waals surface area contributed by atoms with Crippen LogP contribution in [0.25, 0.3) is 0 Å². The lowest BCUT2D eigenvalue weighted by Gasteiger charge is -2.28. The van der Waals surface area contributed by atoms with E-state index < -0.39 is 17.7 Å². The van der Waals surface area contributed by atoms with Gasteiger partial charge in [0.25, 0.3) is 0 Å². The van der Waals surface area contributed by atoms with E-state index in [-0.39, 0.29) is 12.0 Å². The smallest absolute Gasteiger partial charge is 0.414 e. The van der Waals surface area contributed by atoms with Crippen molar-refractivity contribution in [3.63, 3.8) is 0 Å². The molecule has 2 heterocycles. The molecule has 2 atom stereocenters. The minimum absolute atomic E-state index is 0.125. The van der Waals surface area contributed by atoms with Crippen molar-refractivity contribution in [1.82, 2.24) is 9.55 Å². The van der Waals surface area contributed by atoms with Crippen LogP contribution >= 0.6 is 11.6 Å². The number of aliphatic carboxylic acids is 2. The standard InChI is InChI=1S/C24H26ClN3O4.C2H2O4/c1-18(29)27-21-3-2-4-22(13-21)30-14-23-15-31-24(32-23,16-28-12-11-26-17-28)10-9-19-5-7-20(25)8-6-19;3-1(4)2(5)6/h2-8,11-13,17,23H,9-10,14-16H2,1H3,(H,27,29);(H,3,4)(H,5,6)/t23-,24-;/m0./s1. The molecule has 1 aliphatic heterocycles. The van der Waals surface area contributed by atoms with Crippen LogP contribution in [0.1, 0.15) is 18.9 Å². The molecule has 2 aromatic carbocycles. The highest BCUT2D eigenvalue weighted by atomic mass is 35.5. The first-order chi connectivity index (χ1) is 18.1. The second kappa shape index (κ2) is 13.6. The van der Waals surface area contributed by atoms with Gasteiger partial charge < -0.3 is 34.3 Å². The second-order valence-electron chi connectivity index (χ2n) is 8.45. The molecule has 0 radical (unpaired) electrons. The maximum Gasteiger partial charge on any atom is 0.414 e. The van der Waals surface area contributed by atoms with Crippen LogP contribution in [0.2, 0.25) is 5.02 Å². The van der Waals surface area contributed by atoms with Crippen molar-refractivity contribution in [1.29, 1.82) is 0 Å². The van der Waals surface area contributed by atoms with Crippen molar-refractivity contribution in [2.75, 3.05) is 18.5 Å². The third-order valence-electron chi connectivity index (χ3n) is 5.38. The lowest BCUT2D eigenvalue weighted by Crippen LogP contribution is -2.37. The number of halogens is 1. The summed E-state index contributed by atoms with van der Waals surface area (Å²) in [7, 11) is 0. The average Bonchev–Trinajstić information content (AvgIpc) is 3.53. The normalized spacial score (nSPS) is 18.2. The number of aromatic nitrogens is 2. The van der Waals surface area contributed by atoms with Crippen molar-refractivity contribution < 1.29 is 38.8 Å². The lowest BCUT2D eigenvalue weighted by molar-refractivity contribution is -0.184. The van der Waals surface area contributed by atoms with Crippen LogP contribution in [-0.4, -0.2) is 62.7 Å². The Balaban J connectivity index is 0.000000599. The topological polar surface area (TPSA) is 149 Å². The van der Waals surface area contributed by atoms with E-state index in [2.05, 4.69) is 10.3 Å². The number of aryl methyl sites for hydroxylation is 1. The van der Waals surface area contributed by atoms with Crippen molar-refractivity contribution >= 4 is 35.1 Å². The molecule has 1 aromatic heterocycles. The summed E-state index contributed by atoms with van der Waals surface area (Å²) in [5.74, 6) is -3.88. The third-order valence-corrected chi connectivity index (χ3v) is 5.63. The second-order valence-corrected chi connectivity index (χ2v) is 8.89. The van der Waals surface area contributed by atoms with Gasteiger partial charge in [0.2, 0.25) is 5.91 Å². The summed E-state index contributed by atoms with van der Waals surface area (Å²) in [5, 5.41) is 18.3. The van der Waals surface area contributed by atoms with Crippen LogP contribution < -0.4 is 10.1 Å². The zero-order valence-electron chi connectivity index (χ0n) is 20.6. The van der Waals surface area contributed by atoms with Gasteiger partial charge in [0.05, 0.1) is 19.5 Å². The minimum atomic E-state index is -1.82. The molecule has 11 nitrogen and oxygen atoms in total. The quantitative estimate of drug-likeness (QED) is 0.343. The van der Waals surface area contributed by atoms with Gasteiger partial charge in [0, 0.05) is 42.5 Å². The number of benzene rings is 2. The van der Waals surface area contributed by atoms with Crippen LogP contribution in [0.4, 0.5) is 5.69 Å². The minimum Gasteiger partial charge on any atom is -0.491 e. The predicted molar refractivity (Wildman–Crippen MR) is 137 cm³/mol. The van der Waals surface area contributed by atoms with Gasteiger partial charge in [-0.2, -0.15) is 0 Å². The number of nitrogens with one attached hydrogen (secondary N) is 1. The Morgan fingerprint density at radius 1 is 1.18 bits per heavy atom. The van der Waals surface area contributed by atoms with Crippen LogP contribution in [0.15, 0.2) is 67.3 Å². The van der Waals surface area contributed by atoms with Crippen LogP contribution in [0.5, 0.6) is 5.75 Å². The van der Waals surface area contributed by atoms with E-state index in [0.717, 1.165) is 11.4 Å². The summed E-state index contributed by atoms with van der Waals surface area (Å²) in [6.45, 7) is 2.78. The number of imidazole rings is 1. The molecule has 0 bridgehead atoms. The van der Waals surface area contributed by atoms with Crippen LogP contribution in [0, 0.1) is 0 Å². The number of hydrogen-bond donors (Lipinski definition) is 3. The number of carboxylic acids is 2. The Morgan fingerprint density at radius 2 is 1.92 bits per heavy atom. The summed E-state index contributed by atoms with van der Waals surface area (Å²) >= 11 is 6.01. The number of anilines is 1. The number of hydrogen-bond acceptors (Lipinski definition) is 7. The van der Waals surface area contributed by atoms with E-state index in [1.54, 1.807) is 18.6 Å². The molecular weight excluding hydrogens is 518 g/mol. The first kappa shape index (κ1) is 28.6. The average molecular weight is 546 g/mol. The summed E-state index contributed by atoms with van der Waals surface area (Å²) in [4.78, 5) is 33.6. The maximum atomic E-state index is 11.3. The molecule has 4 rings (SSSR count). The molecule has 1 saturated heterocycles. The Hall–Kier alpha value is -3.93. The fourth-order valence-electron chi connectivity index (χ4n) is 3.69. The van der Waals surface area contributed by atoms with E-state index in [9.17, 15) is 4.79 Å². The van der Waals surface area contributed by atoms with Gasteiger partial charge in [-0.1, -0.05) is 29.8 Å². The van der Waals surface area contributed by atoms with Gasteiger partial charge in [-0.3, -0.25) is 4.79 Å². The molecule has 3 aromatic rings. The molecule has 1 fully saturated rings. The Kier molecular flexibility index (Phi) is 10.2. The molecule has 1 amide bonds. The van der Waals surface area contributed by atoms with E-state index >= 15 is 0 Å². The summed E-state index contributed by atoms with van der Waals surface area (Å²) in [6.07, 6.45) is 6.65. The SMILES string of the molecule is CC(=O)Nc1cccc(OC[C@H]2CO[C@](CCc3ccc(Cl)cc3)(Cn3ccnc3)O2)c1.O=C(O)C(=O)O. The number of carbonyl (C=O) groups excluding carboxylic acids is 1. The summed E-state index contributed by atoms with van der Waals surface area (Å²) in [6, 6.07) is 15.1. The monoisotopic (exact) mass is 545 g/mol. The van der Waals surface area contributed by atoms with Gasteiger partial charge in [-0.25, -0.2) is 14.6 Å². The molecule has 38 heavy (non-hydrogen) atoms. The Labute approximate surface area is 223 Å². The predicted octanol–water partition coefficient (Wildman–Crippen LogP) is 3.47. The number of carbonyl (C=O) groups is 3. The molecular formula is C26H28ClN3O8. The van der Waals surface area contributed by atoms with Gasteiger partial charge >= 0.3 is 11.9 Å². The molecule has 0 unspecified atom stereocenters. The van der Waals surface area contributed by atoms with Crippen molar-refractivity contribution in [2.24, 2.45) is 0 Å². The zero-order valence-corrected chi connectivity index (χ0v) is 21.3. The molecule has 0 saturated carbocycles. The summed E-state index contributed by atoms with van der Waals surface area (Å²) < 4.78 is 20.5. The van der Waals surface area contributed by atoms with Crippen LogP contribution in [0.3, 0.4) is 0 Å². The largest absolute Gasteiger partial charge is 0.491 e. The zero-order chi connectivity index (χ0) is 27.5. The third kappa shape index (κ3) is 9.18. The Morgan fingerprint density at radius 3 is 2.55 bits per heavy atom. The molecule has 12 heteroatoms. The first-order valence-electron chi connectivity index (χ1n) is 11.6. The molecule has 0 spiro atoms. The number of ether oxygens (including phenoxy) is 3. The van der Waals surface area contributed by atoms with Crippen molar-refractivity contribution in [2.45, 2.75) is 38.2 Å². The highest BCUT2D eigenvalue weighted by Crippen LogP contribution is 2.31. The number of carboxylic acid groups (broad SMARTS) is 2. The van der Waals surface area contributed by atoms with Gasteiger partial charge in [-0.05, 0) is 36.2 Å². The van der Waals surface area contributed by atoms with Gasteiger partial charge in [-0.15, -0.1) is 0 Å². The van der Waals surface area contributed by atoms with Gasteiger partial charge in [0.1, 0.15) is 18.5 Å². The van der Waals surface area contributed by atoms with Crippen molar-refractivity contribution in [3.8, 4) is 5.75 Å². The number of rotatable bonds is 9. The highest BCUT2D eigenvalue weighted by Gasteiger charge is 2.42. The van der Waals surface area contributed by atoms with Crippen LogP contribution in [-0.2, 0) is 36.8 Å². The fourth-order valence-corrected chi connectivity index (χ4v) is 3.82. The van der Waals surface area contributed by atoms with E-state index in [1.165, 1.54) is 12.5 Å². The summed E-state index contributed by atoms with van der Waals surface area (Å²) in [5.41, 5.74) is 1.86. The molecule has 202 valence electrons. The van der Waals surface area contributed by atoms with E-state index in [4.69, 9.17) is 45.6 Å². The molecule has 3 N–H and O–H groups in total. The molecule has 1 aliphatic rings.